The van der Waals surface area contributed by atoms with E-state index in [9.17, 15) is 0 Å². The summed E-state index contributed by atoms with van der Waals surface area (Å²) >= 11 is 0. The molecule has 0 saturated heterocycles. The van der Waals surface area contributed by atoms with Crippen molar-refractivity contribution in [1.82, 2.24) is 14.9 Å². The van der Waals surface area contributed by atoms with E-state index in [4.69, 9.17) is 4.74 Å². The van der Waals surface area contributed by atoms with Gasteiger partial charge in [-0.3, -0.25) is 0 Å². The van der Waals surface area contributed by atoms with Crippen molar-refractivity contribution in [1.29, 1.82) is 0 Å². The number of rotatable bonds is 6. The van der Waals surface area contributed by atoms with Gasteiger partial charge in [0.1, 0.15) is 11.6 Å². The van der Waals surface area contributed by atoms with Crippen molar-refractivity contribution in [3.8, 4) is 5.88 Å². The fourth-order valence-electron chi connectivity index (χ4n) is 2.59. The van der Waals surface area contributed by atoms with Gasteiger partial charge >= 0.3 is 0 Å². The van der Waals surface area contributed by atoms with E-state index in [0.29, 0.717) is 11.8 Å². The van der Waals surface area contributed by atoms with Gasteiger partial charge in [-0.1, -0.05) is 19.3 Å². The van der Waals surface area contributed by atoms with Gasteiger partial charge in [-0.2, -0.15) is 4.98 Å². The zero-order valence-electron chi connectivity index (χ0n) is 12.9. The predicted octanol–water partition coefficient (Wildman–Crippen LogP) is 2.51. The fraction of sp³-hybridized carbons (Fsp3) is 0.733. The van der Waals surface area contributed by atoms with E-state index in [0.717, 1.165) is 24.7 Å². The van der Waals surface area contributed by atoms with Crippen molar-refractivity contribution in [2.75, 3.05) is 39.6 Å². The number of hydrogen-bond donors (Lipinski definition) is 1. The Hall–Kier alpha value is -1.36. The molecule has 5 nitrogen and oxygen atoms in total. The minimum Gasteiger partial charge on any atom is -0.481 e. The molecule has 0 aromatic carbocycles. The second-order valence-electron chi connectivity index (χ2n) is 5.72. The number of ether oxygens (including phenoxy) is 1. The van der Waals surface area contributed by atoms with Gasteiger partial charge in [0.05, 0.1) is 7.11 Å². The van der Waals surface area contributed by atoms with Gasteiger partial charge in [0.2, 0.25) is 5.88 Å². The molecule has 0 atom stereocenters. The summed E-state index contributed by atoms with van der Waals surface area (Å²) in [6.07, 6.45) is 6.31. The second kappa shape index (κ2) is 7.43. The molecule has 0 radical (unpaired) electrons. The average Bonchev–Trinajstić information content (AvgIpc) is 2.47. The Morgan fingerprint density at radius 3 is 2.65 bits per heavy atom. The Morgan fingerprint density at radius 1 is 1.25 bits per heavy atom. The number of aromatic nitrogens is 2. The molecule has 0 spiro atoms. The quantitative estimate of drug-likeness (QED) is 0.866. The van der Waals surface area contributed by atoms with Gasteiger partial charge in [0, 0.05) is 25.1 Å². The van der Waals surface area contributed by atoms with E-state index in [1.807, 2.05) is 6.07 Å². The van der Waals surface area contributed by atoms with Crippen molar-refractivity contribution in [2.24, 2.45) is 0 Å². The number of nitrogens with zero attached hydrogens (tertiary/aromatic N) is 3. The molecule has 20 heavy (non-hydrogen) atoms. The first-order valence-electron chi connectivity index (χ1n) is 7.50. The summed E-state index contributed by atoms with van der Waals surface area (Å²) in [5, 5.41) is 3.36. The molecule has 1 aromatic rings. The average molecular weight is 278 g/mol. The van der Waals surface area contributed by atoms with Crippen LogP contribution >= 0.6 is 0 Å². The first-order chi connectivity index (χ1) is 9.69. The minimum atomic E-state index is 0.494. The largest absolute Gasteiger partial charge is 0.481 e. The van der Waals surface area contributed by atoms with E-state index in [1.165, 1.54) is 32.1 Å². The standard InChI is InChI=1S/C15H26N4O/c1-19(2)10-9-16-13-11-14(20-3)18-15(17-13)12-7-5-4-6-8-12/h11-12H,4-10H2,1-3H3,(H,16,17,18). The third kappa shape index (κ3) is 4.34. The summed E-state index contributed by atoms with van der Waals surface area (Å²) < 4.78 is 5.31. The van der Waals surface area contributed by atoms with Gasteiger partial charge < -0.3 is 15.0 Å². The minimum absolute atomic E-state index is 0.494. The molecule has 112 valence electrons. The fourth-order valence-corrected chi connectivity index (χ4v) is 2.59. The predicted molar refractivity (Wildman–Crippen MR) is 81.5 cm³/mol. The topological polar surface area (TPSA) is 50.3 Å². The molecule has 1 fully saturated rings. The lowest BCUT2D eigenvalue weighted by atomic mass is 9.89. The Balaban J connectivity index is 2.06. The summed E-state index contributed by atoms with van der Waals surface area (Å²) in [4.78, 5) is 11.4. The van der Waals surface area contributed by atoms with Crippen LogP contribution in [0.3, 0.4) is 0 Å². The van der Waals surface area contributed by atoms with E-state index < -0.39 is 0 Å². The lowest BCUT2D eigenvalue weighted by molar-refractivity contribution is 0.383. The third-order valence-corrected chi connectivity index (χ3v) is 3.76. The Labute approximate surface area is 121 Å². The smallest absolute Gasteiger partial charge is 0.218 e. The van der Waals surface area contributed by atoms with Crippen LogP contribution in [0.2, 0.25) is 0 Å². The maximum atomic E-state index is 5.31. The molecule has 1 aliphatic carbocycles. The van der Waals surface area contributed by atoms with Crippen LogP contribution in [-0.4, -0.2) is 49.2 Å². The Kier molecular flexibility index (Phi) is 5.59. The highest BCUT2D eigenvalue weighted by molar-refractivity contribution is 5.39. The molecule has 1 heterocycles. The first-order valence-corrected chi connectivity index (χ1v) is 7.50. The van der Waals surface area contributed by atoms with Crippen molar-refractivity contribution in [3.05, 3.63) is 11.9 Å². The van der Waals surface area contributed by atoms with Crippen molar-refractivity contribution in [3.63, 3.8) is 0 Å². The van der Waals surface area contributed by atoms with Gasteiger partial charge in [-0.15, -0.1) is 0 Å². The summed E-state index contributed by atoms with van der Waals surface area (Å²) in [7, 11) is 5.79. The monoisotopic (exact) mass is 278 g/mol. The molecule has 0 unspecified atom stereocenters. The molecule has 1 aliphatic rings. The second-order valence-corrected chi connectivity index (χ2v) is 5.72. The van der Waals surface area contributed by atoms with Crippen molar-refractivity contribution in [2.45, 2.75) is 38.0 Å². The third-order valence-electron chi connectivity index (χ3n) is 3.76. The van der Waals surface area contributed by atoms with Gasteiger partial charge in [-0.05, 0) is 26.9 Å². The van der Waals surface area contributed by atoms with Crippen LogP contribution in [0.1, 0.15) is 43.8 Å². The van der Waals surface area contributed by atoms with Crippen LogP contribution in [0.15, 0.2) is 6.07 Å². The lowest BCUT2D eigenvalue weighted by Gasteiger charge is -2.21. The van der Waals surface area contributed by atoms with Crippen LogP contribution in [0.4, 0.5) is 5.82 Å². The highest BCUT2D eigenvalue weighted by Gasteiger charge is 2.19. The molecule has 0 bridgehead atoms. The molecule has 1 aromatic heterocycles. The summed E-state index contributed by atoms with van der Waals surface area (Å²) in [5.74, 6) is 2.97. The normalized spacial score (nSPS) is 16.4. The van der Waals surface area contributed by atoms with E-state index >= 15 is 0 Å². The summed E-state index contributed by atoms with van der Waals surface area (Å²) in [5.41, 5.74) is 0. The van der Waals surface area contributed by atoms with Gasteiger partial charge in [-0.25, -0.2) is 4.98 Å². The van der Waals surface area contributed by atoms with Crippen molar-refractivity contribution < 1.29 is 4.74 Å². The first kappa shape index (κ1) is 15.0. The SMILES string of the molecule is COc1cc(NCCN(C)C)nc(C2CCCCC2)n1. The molecule has 0 amide bonds. The van der Waals surface area contributed by atoms with Crippen LogP contribution < -0.4 is 10.1 Å². The van der Waals surface area contributed by atoms with Crippen LogP contribution in [0, 0.1) is 0 Å². The number of methoxy groups -OCH3 is 1. The zero-order chi connectivity index (χ0) is 14.4. The summed E-state index contributed by atoms with van der Waals surface area (Å²) in [6.45, 7) is 1.85. The molecule has 0 aliphatic heterocycles. The Morgan fingerprint density at radius 2 is 2.00 bits per heavy atom. The molecule has 1 saturated carbocycles. The van der Waals surface area contributed by atoms with Crippen molar-refractivity contribution >= 4 is 5.82 Å². The number of anilines is 1. The molecular formula is C15H26N4O. The molecule has 2 rings (SSSR count). The highest BCUT2D eigenvalue weighted by atomic mass is 16.5. The molecule has 1 N–H and O–H groups in total. The van der Waals surface area contributed by atoms with Crippen LogP contribution in [0.25, 0.3) is 0 Å². The number of likely N-dealkylation sites (N-methyl/N-ethyl adjacent to an activating group) is 1. The molecular weight excluding hydrogens is 252 g/mol. The maximum absolute atomic E-state index is 5.31. The zero-order valence-corrected chi connectivity index (χ0v) is 12.9. The highest BCUT2D eigenvalue weighted by Crippen LogP contribution is 2.32. The Bertz CT molecular complexity index is 416. The lowest BCUT2D eigenvalue weighted by Crippen LogP contribution is -2.21. The number of nitrogens with one attached hydrogen (secondary N) is 1. The number of hydrogen-bond acceptors (Lipinski definition) is 5. The van der Waals surface area contributed by atoms with Crippen LogP contribution in [0.5, 0.6) is 5.88 Å². The van der Waals surface area contributed by atoms with Gasteiger partial charge in [0.15, 0.2) is 0 Å². The van der Waals surface area contributed by atoms with Crippen LogP contribution in [-0.2, 0) is 0 Å². The van der Waals surface area contributed by atoms with E-state index in [1.54, 1.807) is 7.11 Å². The summed E-state index contributed by atoms with van der Waals surface area (Å²) in [6, 6.07) is 1.88. The van der Waals surface area contributed by atoms with E-state index in [-0.39, 0.29) is 0 Å². The van der Waals surface area contributed by atoms with Gasteiger partial charge in [0.25, 0.3) is 0 Å². The molecule has 5 heteroatoms. The van der Waals surface area contributed by atoms with E-state index in [2.05, 4.69) is 34.3 Å². The maximum Gasteiger partial charge on any atom is 0.218 e.